The zero-order chi connectivity index (χ0) is 16.9. The number of aromatic nitrogens is 2. The number of nitrogens with zero attached hydrogens (tertiary/aromatic N) is 2. The maximum atomic E-state index is 6.17. The van der Waals surface area contributed by atoms with Crippen LogP contribution < -0.4 is 16.4 Å². The molecular weight excluding hydrogens is 310 g/mol. The normalized spacial score (nSPS) is 33.2. The Morgan fingerprint density at radius 3 is 2.72 bits per heavy atom. The van der Waals surface area contributed by atoms with Crippen LogP contribution in [0.4, 0.5) is 11.8 Å². The lowest BCUT2D eigenvalue weighted by atomic mass is 9.71. The van der Waals surface area contributed by atoms with Gasteiger partial charge in [0.25, 0.3) is 0 Å². The van der Waals surface area contributed by atoms with Gasteiger partial charge in [-0.15, -0.1) is 0 Å². The monoisotopic (exact) mass is 341 g/mol. The Kier molecular flexibility index (Phi) is 3.88. The van der Waals surface area contributed by atoms with Crippen molar-refractivity contribution in [3.8, 4) is 0 Å². The highest BCUT2D eigenvalue weighted by molar-refractivity contribution is 5.54. The molecule has 0 bridgehead atoms. The second-order valence-electron chi connectivity index (χ2n) is 8.86. The van der Waals surface area contributed by atoms with Crippen LogP contribution in [-0.4, -0.2) is 29.1 Å². The molecule has 1 spiro atoms. The lowest BCUT2D eigenvalue weighted by molar-refractivity contribution is 0.273. The summed E-state index contributed by atoms with van der Waals surface area (Å²) in [7, 11) is 0. The number of nitrogens with one attached hydrogen (secondary N) is 2. The van der Waals surface area contributed by atoms with Crippen molar-refractivity contribution >= 4 is 11.8 Å². The zero-order valence-electron chi connectivity index (χ0n) is 15.2. The van der Waals surface area contributed by atoms with E-state index in [-0.39, 0.29) is 0 Å². The minimum absolute atomic E-state index is 0.297. The molecule has 4 aliphatic rings. The van der Waals surface area contributed by atoms with E-state index in [0.29, 0.717) is 17.4 Å². The molecule has 4 N–H and O–H groups in total. The van der Waals surface area contributed by atoms with Crippen molar-refractivity contribution in [2.75, 3.05) is 24.1 Å². The van der Waals surface area contributed by atoms with Crippen LogP contribution in [0.25, 0.3) is 0 Å². The molecule has 1 aromatic rings. The van der Waals surface area contributed by atoms with Crippen molar-refractivity contribution < 1.29 is 0 Å². The van der Waals surface area contributed by atoms with Gasteiger partial charge in [0, 0.05) is 23.6 Å². The van der Waals surface area contributed by atoms with Gasteiger partial charge < -0.3 is 16.4 Å². The lowest BCUT2D eigenvalue weighted by Crippen LogP contribution is -2.39. The van der Waals surface area contributed by atoms with E-state index in [1.807, 2.05) is 0 Å². The third-order valence-electron chi connectivity index (χ3n) is 7.49. The molecule has 0 radical (unpaired) electrons. The van der Waals surface area contributed by atoms with Gasteiger partial charge in [0.1, 0.15) is 5.82 Å². The van der Waals surface area contributed by atoms with Gasteiger partial charge in [0.15, 0.2) is 0 Å². The summed E-state index contributed by atoms with van der Waals surface area (Å²) in [6.45, 7) is 2.34. The fourth-order valence-corrected chi connectivity index (χ4v) is 6.27. The maximum absolute atomic E-state index is 6.17. The van der Waals surface area contributed by atoms with E-state index in [0.717, 1.165) is 30.6 Å². The molecule has 2 heterocycles. The first-order valence-electron chi connectivity index (χ1n) is 10.4. The predicted molar refractivity (Wildman–Crippen MR) is 101 cm³/mol. The third-order valence-corrected chi connectivity index (χ3v) is 7.49. The number of fused-ring (bicyclic) bond motifs is 3. The van der Waals surface area contributed by atoms with E-state index in [1.165, 1.54) is 75.6 Å². The molecule has 136 valence electrons. The molecule has 3 atom stereocenters. The van der Waals surface area contributed by atoms with Gasteiger partial charge >= 0.3 is 0 Å². The molecular formula is C20H31N5. The Hall–Kier alpha value is -1.36. The van der Waals surface area contributed by atoms with E-state index in [4.69, 9.17) is 10.7 Å². The molecule has 5 nitrogen and oxygen atoms in total. The Morgan fingerprint density at radius 1 is 1.00 bits per heavy atom. The fourth-order valence-electron chi connectivity index (χ4n) is 6.27. The topological polar surface area (TPSA) is 75.9 Å². The van der Waals surface area contributed by atoms with E-state index in [2.05, 4.69) is 15.6 Å². The summed E-state index contributed by atoms with van der Waals surface area (Å²) in [6.07, 6.45) is 12.9. The number of hydrogen-bond acceptors (Lipinski definition) is 5. The second-order valence-corrected chi connectivity index (χ2v) is 8.86. The van der Waals surface area contributed by atoms with Gasteiger partial charge in [-0.05, 0) is 63.3 Å². The average Bonchev–Trinajstić information content (AvgIpc) is 3.26. The number of hydrogen-bond donors (Lipinski definition) is 3. The van der Waals surface area contributed by atoms with Gasteiger partial charge in [-0.1, -0.05) is 19.3 Å². The van der Waals surface area contributed by atoms with E-state index >= 15 is 0 Å². The van der Waals surface area contributed by atoms with Gasteiger partial charge in [-0.3, -0.25) is 0 Å². The second kappa shape index (κ2) is 6.11. The summed E-state index contributed by atoms with van der Waals surface area (Å²) in [4.78, 5) is 9.47. The summed E-state index contributed by atoms with van der Waals surface area (Å²) in [5.74, 6) is 3.10. The van der Waals surface area contributed by atoms with Crippen LogP contribution in [0.15, 0.2) is 0 Å². The summed E-state index contributed by atoms with van der Waals surface area (Å²) in [6, 6.07) is 0.536. The molecule has 5 rings (SSSR count). The molecule has 5 heteroatoms. The number of rotatable bonds is 2. The van der Waals surface area contributed by atoms with Gasteiger partial charge in [0.2, 0.25) is 5.95 Å². The quantitative estimate of drug-likeness (QED) is 0.771. The Balaban J connectivity index is 1.48. The third kappa shape index (κ3) is 2.62. The van der Waals surface area contributed by atoms with Crippen LogP contribution >= 0.6 is 0 Å². The number of nitrogen functional groups attached to an aromatic ring is 1. The number of anilines is 2. The zero-order valence-corrected chi connectivity index (χ0v) is 15.2. The van der Waals surface area contributed by atoms with Crippen molar-refractivity contribution in [2.45, 2.75) is 75.7 Å². The molecule has 0 aromatic carbocycles. The summed E-state index contributed by atoms with van der Waals surface area (Å²) >= 11 is 0. The van der Waals surface area contributed by atoms with Crippen LogP contribution in [0.5, 0.6) is 0 Å². The lowest BCUT2D eigenvalue weighted by Gasteiger charge is -2.38. The minimum Gasteiger partial charge on any atom is -0.368 e. The largest absolute Gasteiger partial charge is 0.368 e. The van der Waals surface area contributed by atoms with Crippen LogP contribution in [-0.2, 0) is 11.8 Å². The van der Waals surface area contributed by atoms with E-state index < -0.39 is 0 Å². The van der Waals surface area contributed by atoms with Gasteiger partial charge in [-0.25, -0.2) is 4.98 Å². The molecule has 25 heavy (non-hydrogen) atoms. The minimum atomic E-state index is 0.297. The predicted octanol–water partition coefficient (Wildman–Crippen LogP) is 3.01. The highest BCUT2D eigenvalue weighted by atomic mass is 15.1. The van der Waals surface area contributed by atoms with Crippen molar-refractivity contribution in [3.63, 3.8) is 0 Å². The first-order valence-corrected chi connectivity index (χ1v) is 10.4. The first kappa shape index (κ1) is 15.9. The molecule has 0 unspecified atom stereocenters. The van der Waals surface area contributed by atoms with E-state index in [1.54, 1.807) is 0 Å². The van der Waals surface area contributed by atoms with Crippen LogP contribution in [0.2, 0.25) is 0 Å². The summed E-state index contributed by atoms with van der Waals surface area (Å²) in [5, 5.41) is 7.45. The van der Waals surface area contributed by atoms with Gasteiger partial charge in [0.05, 0.1) is 5.69 Å². The van der Waals surface area contributed by atoms with Crippen molar-refractivity contribution in [1.29, 1.82) is 0 Å². The molecule has 2 saturated carbocycles. The Bertz CT molecular complexity index is 652. The Labute approximate surface area is 150 Å². The summed E-state index contributed by atoms with van der Waals surface area (Å²) in [5.41, 5.74) is 9.15. The van der Waals surface area contributed by atoms with Crippen LogP contribution in [0.3, 0.4) is 0 Å². The van der Waals surface area contributed by atoms with Crippen molar-refractivity contribution in [3.05, 3.63) is 11.3 Å². The SMILES string of the molecule is Nc1nc(N[C@H]2CCC[C@H]3CNC[C@H]32)c2c(n1)C1(CCCC1)CCC2. The molecule has 1 saturated heterocycles. The fraction of sp³-hybridized carbons (Fsp3) is 0.800. The highest BCUT2D eigenvalue weighted by Crippen LogP contribution is 2.49. The van der Waals surface area contributed by atoms with Crippen LogP contribution in [0, 0.1) is 11.8 Å². The van der Waals surface area contributed by atoms with Crippen molar-refractivity contribution in [2.24, 2.45) is 11.8 Å². The molecule has 3 aliphatic carbocycles. The molecule has 3 fully saturated rings. The van der Waals surface area contributed by atoms with Crippen molar-refractivity contribution in [1.82, 2.24) is 15.3 Å². The van der Waals surface area contributed by atoms with E-state index in [9.17, 15) is 0 Å². The molecule has 1 aromatic heterocycles. The average molecular weight is 342 g/mol. The standard InChI is InChI=1S/C20H31N5/c21-19-24-17-14(6-4-10-20(17)8-1-2-9-20)18(25-19)23-16-7-3-5-13-11-22-12-15(13)16/h13,15-16,22H,1-12H2,(H3,21,23,24,25)/t13-,15+,16-/m0/s1. The maximum Gasteiger partial charge on any atom is 0.222 e. The smallest absolute Gasteiger partial charge is 0.222 e. The highest BCUT2D eigenvalue weighted by Gasteiger charge is 2.42. The van der Waals surface area contributed by atoms with Gasteiger partial charge in [-0.2, -0.15) is 4.98 Å². The summed E-state index contributed by atoms with van der Waals surface area (Å²) < 4.78 is 0. The van der Waals surface area contributed by atoms with Crippen LogP contribution in [0.1, 0.15) is 69.0 Å². The molecule has 1 aliphatic heterocycles. The number of nitrogens with two attached hydrogens (primary N) is 1. The first-order chi connectivity index (χ1) is 12.3. The molecule has 0 amide bonds. The Morgan fingerprint density at radius 2 is 1.84 bits per heavy atom.